The maximum Gasteiger partial charge on any atom is 0.416 e. The molecular weight excluding hydrogens is 480 g/mol. The molecule has 1 N–H and O–H groups in total. The molecule has 192 valence electrons. The number of fused-ring (bicyclic) bond motifs is 3. The molecule has 0 radical (unpaired) electrons. The first-order chi connectivity index (χ1) is 18.0. The Morgan fingerprint density at radius 1 is 1.08 bits per heavy atom. The number of hydrogen-bond acceptors (Lipinski definition) is 9. The van der Waals surface area contributed by atoms with Crippen LogP contribution in [0, 0.1) is 0 Å². The van der Waals surface area contributed by atoms with Gasteiger partial charge in [0.15, 0.2) is 18.2 Å². The van der Waals surface area contributed by atoms with Gasteiger partial charge in [-0.25, -0.2) is 9.78 Å². The summed E-state index contributed by atoms with van der Waals surface area (Å²) in [7, 11) is 1.55. The van der Waals surface area contributed by atoms with Crippen LogP contribution in [0.5, 0.6) is 11.6 Å². The number of piperidine rings is 1. The Labute approximate surface area is 211 Å². The van der Waals surface area contributed by atoms with Crippen molar-refractivity contribution in [3.63, 3.8) is 0 Å². The molecule has 0 bridgehead atoms. The van der Waals surface area contributed by atoms with E-state index in [1.54, 1.807) is 46.9 Å². The lowest BCUT2D eigenvalue weighted by Crippen LogP contribution is -2.49. The summed E-state index contributed by atoms with van der Waals surface area (Å²) in [4.78, 5) is 49.7. The van der Waals surface area contributed by atoms with Crippen LogP contribution >= 0.6 is 0 Å². The molecule has 0 aliphatic carbocycles. The standard InChI is InChI=1S/C25H26N6O6/c1-35-21-7-3-15-4-8-22(33)30(24(15)28-21)11-2-10-29-12-9-16-18(13-29)37-25(34)31(16)19-6-5-17-23(26-19)27-20(32)14-36-17/h3-8,16,18H,2,9-14H2,1H3,(H,26,27,32)/t16-,18-/m1/s1. The van der Waals surface area contributed by atoms with E-state index < -0.39 is 6.09 Å². The zero-order valence-corrected chi connectivity index (χ0v) is 20.3. The highest BCUT2D eigenvalue weighted by molar-refractivity contribution is 5.95. The van der Waals surface area contributed by atoms with Crippen LogP contribution in [0.1, 0.15) is 12.8 Å². The highest BCUT2D eigenvalue weighted by atomic mass is 16.6. The summed E-state index contributed by atoms with van der Waals surface area (Å²) in [5, 5.41) is 3.55. The fourth-order valence-corrected chi connectivity index (χ4v) is 5.18. The number of aryl methyl sites for hydroxylation is 1. The van der Waals surface area contributed by atoms with Gasteiger partial charge in [0, 0.05) is 37.2 Å². The Balaban J connectivity index is 1.11. The molecule has 12 heteroatoms. The van der Waals surface area contributed by atoms with Gasteiger partial charge in [0.2, 0.25) is 5.88 Å². The Hall–Kier alpha value is -4.19. The largest absolute Gasteiger partial charge is 0.481 e. The van der Waals surface area contributed by atoms with E-state index in [-0.39, 0.29) is 30.2 Å². The summed E-state index contributed by atoms with van der Waals surface area (Å²) in [6.45, 7) is 2.57. The lowest BCUT2D eigenvalue weighted by atomic mass is 10.0. The number of anilines is 2. The topological polar surface area (TPSA) is 128 Å². The highest BCUT2D eigenvalue weighted by Crippen LogP contribution is 2.34. The normalized spacial score (nSPS) is 21.2. The van der Waals surface area contributed by atoms with Crippen molar-refractivity contribution in [3.05, 3.63) is 46.8 Å². The Morgan fingerprint density at radius 3 is 2.81 bits per heavy atom. The number of hydrogen-bond donors (Lipinski definition) is 1. The maximum atomic E-state index is 12.8. The smallest absolute Gasteiger partial charge is 0.416 e. The molecule has 3 aliphatic heterocycles. The molecule has 0 unspecified atom stereocenters. The number of ether oxygens (including phenoxy) is 3. The molecule has 0 spiro atoms. The summed E-state index contributed by atoms with van der Waals surface area (Å²) in [6, 6.07) is 10.2. The molecule has 37 heavy (non-hydrogen) atoms. The van der Waals surface area contributed by atoms with Gasteiger partial charge < -0.3 is 19.5 Å². The van der Waals surface area contributed by atoms with Crippen LogP contribution < -0.4 is 25.2 Å². The summed E-state index contributed by atoms with van der Waals surface area (Å²) >= 11 is 0. The van der Waals surface area contributed by atoms with E-state index in [4.69, 9.17) is 14.2 Å². The predicted octanol–water partition coefficient (Wildman–Crippen LogP) is 1.62. The van der Waals surface area contributed by atoms with Gasteiger partial charge in [-0.3, -0.25) is 24.0 Å². The van der Waals surface area contributed by atoms with E-state index in [0.29, 0.717) is 48.4 Å². The second-order valence-electron chi connectivity index (χ2n) is 9.25. The molecule has 6 rings (SSSR count). The first kappa shape index (κ1) is 23.2. The first-order valence-electron chi connectivity index (χ1n) is 12.2. The summed E-state index contributed by atoms with van der Waals surface area (Å²) < 4.78 is 18.0. The van der Waals surface area contributed by atoms with Crippen molar-refractivity contribution in [2.75, 3.05) is 43.6 Å². The van der Waals surface area contributed by atoms with Gasteiger partial charge in [-0.2, -0.15) is 4.98 Å². The van der Waals surface area contributed by atoms with Gasteiger partial charge in [-0.05, 0) is 43.7 Å². The van der Waals surface area contributed by atoms with E-state index in [2.05, 4.69) is 20.2 Å². The lowest BCUT2D eigenvalue weighted by Gasteiger charge is -2.35. The van der Waals surface area contributed by atoms with E-state index in [1.807, 2.05) is 6.07 Å². The van der Waals surface area contributed by atoms with Gasteiger partial charge in [0.25, 0.3) is 11.5 Å². The summed E-state index contributed by atoms with van der Waals surface area (Å²) in [5.74, 6) is 1.38. The number of aromatic nitrogens is 3. The molecule has 3 aliphatic rings. The molecule has 3 aromatic rings. The molecule has 2 fully saturated rings. The summed E-state index contributed by atoms with van der Waals surface area (Å²) in [5.41, 5.74) is 0.497. The second kappa shape index (κ2) is 9.36. The maximum absolute atomic E-state index is 12.8. The number of rotatable bonds is 6. The van der Waals surface area contributed by atoms with Gasteiger partial charge in [0.1, 0.15) is 17.6 Å². The van der Waals surface area contributed by atoms with Crippen LogP contribution in [0.25, 0.3) is 11.0 Å². The van der Waals surface area contributed by atoms with Crippen molar-refractivity contribution in [2.45, 2.75) is 31.5 Å². The van der Waals surface area contributed by atoms with Crippen LogP contribution in [0.4, 0.5) is 16.4 Å². The minimum absolute atomic E-state index is 0.0554. The number of carbonyl (C=O) groups excluding carboxylic acids is 2. The van der Waals surface area contributed by atoms with Gasteiger partial charge in [-0.15, -0.1) is 0 Å². The van der Waals surface area contributed by atoms with Gasteiger partial charge in [-0.1, -0.05) is 0 Å². The molecule has 12 nitrogen and oxygen atoms in total. The van der Waals surface area contributed by atoms with Crippen molar-refractivity contribution in [1.82, 2.24) is 19.4 Å². The highest BCUT2D eigenvalue weighted by Gasteiger charge is 2.46. The van der Waals surface area contributed by atoms with Crippen molar-refractivity contribution < 1.29 is 23.8 Å². The van der Waals surface area contributed by atoms with E-state index in [0.717, 1.165) is 24.9 Å². The van der Waals surface area contributed by atoms with Crippen molar-refractivity contribution in [3.8, 4) is 11.6 Å². The lowest BCUT2D eigenvalue weighted by molar-refractivity contribution is -0.118. The third-order valence-corrected chi connectivity index (χ3v) is 6.97. The van der Waals surface area contributed by atoms with Crippen molar-refractivity contribution in [2.24, 2.45) is 0 Å². The quantitative estimate of drug-likeness (QED) is 0.530. The number of amides is 2. The van der Waals surface area contributed by atoms with Crippen molar-refractivity contribution >= 4 is 34.7 Å². The Bertz CT molecular complexity index is 1440. The number of nitrogens with one attached hydrogen (secondary N) is 1. The molecule has 6 heterocycles. The minimum Gasteiger partial charge on any atom is -0.481 e. The fourth-order valence-electron chi connectivity index (χ4n) is 5.18. The number of carbonyl (C=O) groups is 2. The SMILES string of the molecule is COc1ccc2ccc(=O)n(CCCN3CC[C@@H]4[C@@H](C3)OC(=O)N4c3ccc4c(n3)NC(=O)CO4)c2n1. The van der Waals surface area contributed by atoms with E-state index in [1.165, 1.54) is 0 Å². The average Bonchev–Trinajstić information content (AvgIpc) is 3.24. The predicted molar refractivity (Wildman–Crippen MR) is 133 cm³/mol. The third kappa shape index (κ3) is 4.33. The van der Waals surface area contributed by atoms with E-state index >= 15 is 0 Å². The number of likely N-dealkylation sites (tertiary alicyclic amines) is 1. The molecule has 3 aromatic heterocycles. The van der Waals surface area contributed by atoms with Crippen LogP contribution in [0.3, 0.4) is 0 Å². The molecular formula is C25H26N6O6. The number of methoxy groups -OCH3 is 1. The zero-order chi connectivity index (χ0) is 25.5. The summed E-state index contributed by atoms with van der Waals surface area (Å²) in [6.07, 6.45) is 0.704. The third-order valence-electron chi connectivity index (χ3n) is 6.97. The molecule has 2 saturated heterocycles. The first-order valence-corrected chi connectivity index (χ1v) is 12.2. The van der Waals surface area contributed by atoms with Crippen LogP contribution in [-0.2, 0) is 16.1 Å². The zero-order valence-electron chi connectivity index (χ0n) is 20.3. The molecule has 2 atom stereocenters. The molecule has 2 amide bonds. The number of pyridine rings is 3. The van der Waals surface area contributed by atoms with Crippen LogP contribution in [-0.4, -0.2) is 76.9 Å². The minimum atomic E-state index is -0.449. The van der Waals surface area contributed by atoms with Crippen LogP contribution in [0.15, 0.2) is 41.2 Å². The van der Waals surface area contributed by atoms with Gasteiger partial charge in [0.05, 0.1) is 13.2 Å². The second-order valence-corrected chi connectivity index (χ2v) is 9.25. The Kier molecular flexibility index (Phi) is 5.87. The van der Waals surface area contributed by atoms with E-state index in [9.17, 15) is 14.4 Å². The van der Waals surface area contributed by atoms with Crippen LogP contribution in [0.2, 0.25) is 0 Å². The van der Waals surface area contributed by atoms with Crippen molar-refractivity contribution in [1.29, 1.82) is 0 Å². The average molecular weight is 507 g/mol. The Morgan fingerprint density at radius 2 is 1.95 bits per heavy atom. The van der Waals surface area contributed by atoms with Gasteiger partial charge >= 0.3 is 6.09 Å². The molecule has 0 saturated carbocycles. The number of nitrogens with zero attached hydrogens (tertiary/aromatic N) is 5. The molecule has 0 aromatic carbocycles. The fraction of sp³-hybridized carbons (Fsp3) is 0.400. The monoisotopic (exact) mass is 506 g/mol.